The molecule has 0 aromatic heterocycles. The van der Waals surface area contributed by atoms with E-state index in [0.29, 0.717) is 5.92 Å². The Labute approximate surface area is 79.0 Å². The van der Waals surface area contributed by atoms with Gasteiger partial charge in [-0.25, -0.2) is 0 Å². The van der Waals surface area contributed by atoms with Gasteiger partial charge >= 0.3 is 0 Å². The molecule has 0 aliphatic carbocycles. The first-order valence-electron chi connectivity index (χ1n) is 4.72. The molecule has 13 heavy (non-hydrogen) atoms. The third-order valence-electron chi connectivity index (χ3n) is 2.39. The van der Waals surface area contributed by atoms with Crippen LogP contribution >= 0.6 is 0 Å². The molecule has 1 nitrogen and oxygen atoms in total. The van der Waals surface area contributed by atoms with Gasteiger partial charge in [-0.05, 0) is 35.6 Å². The maximum atomic E-state index is 5.43. The summed E-state index contributed by atoms with van der Waals surface area (Å²) in [5.41, 5.74) is 2.63. The monoisotopic (exact) mass is 174 g/mol. The summed E-state index contributed by atoms with van der Waals surface area (Å²) < 4.78 is 5.43. The third kappa shape index (κ3) is 1.59. The van der Waals surface area contributed by atoms with E-state index in [0.717, 1.165) is 12.2 Å². The summed E-state index contributed by atoms with van der Waals surface area (Å²) in [6, 6.07) is 6.49. The van der Waals surface area contributed by atoms with Gasteiger partial charge in [-0.1, -0.05) is 26.0 Å². The molecule has 0 bridgehead atoms. The Hall–Kier alpha value is -1.24. The highest BCUT2D eigenvalue weighted by atomic mass is 16.5. The molecule has 1 aromatic carbocycles. The highest BCUT2D eigenvalue weighted by Crippen LogP contribution is 2.27. The highest BCUT2D eigenvalue weighted by molar-refractivity contribution is 5.41. The first-order valence-corrected chi connectivity index (χ1v) is 4.72. The number of rotatable bonds is 1. The van der Waals surface area contributed by atoms with Crippen molar-refractivity contribution >= 4 is 0 Å². The van der Waals surface area contributed by atoms with Crippen LogP contribution in [0.25, 0.3) is 0 Å². The van der Waals surface area contributed by atoms with Gasteiger partial charge in [-0.15, -0.1) is 0 Å². The number of ether oxygens (including phenoxy) is 1. The number of hydrogen-bond acceptors (Lipinski definition) is 1. The zero-order chi connectivity index (χ0) is 9.26. The van der Waals surface area contributed by atoms with Crippen molar-refractivity contribution in [2.75, 3.05) is 0 Å². The van der Waals surface area contributed by atoms with E-state index in [9.17, 15) is 0 Å². The summed E-state index contributed by atoms with van der Waals surface area (Å²) in [5.74, 6) is 1.59. The highest BCUT2D eigenvalue weighted by Gasteiger charge is 2.08. The van der Waals surface area contributed by atoms with E-state index in [1.165, 1.54) is 11.1 Å². The number of fused-ring (bicyclic) bond motifs is 1. The Kier molecular flexibility index (Phi) is 2.09. The van der Waals surface area contributed by atoms with Gasteiger partial charge in [0.05, 0.1) is 6.26 Å². The fourth-order valence-electron chi connectivity index (χ4n) is 1.51. The van der Waals surface area contributed by atoms with Crippen LogP contribution in [0.4, 0.5) is 0 Å². The van der Waals surface area contributed by atoms with Crippen molar-refractivity contribution in [3.05, 3.63) is 41.7 Å². The summed E-state index contributed by atoms with van der Waals surface area (Å²) in [6.45, 7) is 4.39. The zero-order valence-corrected chi connectivity index (χ0v) is 8.08. The fourth-order valence-corrected chi connectivity index (χ4v) is 1.51. The summed E-state index contributed by atoms with van der Waals surface area (Å²) in [6.07, 6.45) is 4.80. The van der Waals surface area contributed by atoms with Gasteiger partial charge in [0.1, 0.15) is 5.75 Å². The van der Waals surface area contributed by atoms with Gasteiger partial charge in [0.15, 0.2) is 0 Å². The fraction of sp³-hybridized carbons (Fsp3) is 0.333. The molecule has 2 rings (SSSR count). The van der Waals surface area contributed by atoms with Crippen LogP contribution < -0.4 is 4.74 Å². The maximum Gasteiger partial charge on any atom is 0.130 e. The molecule has 0 unspecified atom stereocenters. The minimum absolute atomic E-state index is 0.569. The average Bonchev–Trinajstić information content (AvgIpc) is 2.17. The molecule has 0 saturated carbocycles. The largest absolute Gasteiger partial charge is 0.465 e. The van der Waals surface area contributed by atoms with Crippen LogP contribution in [-0.4, -0.2) is 0 Å². The standard InChI is InChI=1S/C12H14O/c1-9(2)11-6-5-10-4-3-7-13-12(10)8-11/h3,5-9H,4H2,1-2H3. The molecule has 1 heteroatoms. The van der Waals surface area contributed by atoms with Gasteiger partial charge in [0.2, 0.25) is 0 Å². The van der Waals surface area contributed by atoms with Gasteiger partial charge in [-0.2, -0.15) is 0 Å². The van der Waals surface area contributed by atoms with Crippen molar-refractivity contribution < 1.29 is 4.74 Å². The number of hydrogen-bond donors (Lipinski definition) is 0. The SMILES string of the molecule is CC(C)c1ccc2c(c1)OC=CC2. The Morgan fingerprint density at radius 1 is 1.31 bits per heavy atom. The lowest BCUT2D eigenvalue weighted by atomic mass is 9.99. The topological polar surface area (TPSA) is 9.23 Å². The molecule has 0 amide bonds. The molecule has 68 valence electrons. The molecule has 1 heterocycles. The van der Waals surface area contributed by atoms with E-state index >= 15 is 0 Å². The average molecular weight is 174 g/mol. The minimum Gasteiger partial charge on any atom is -0.465 e. The smallest absolute Gasteiger partial charge is 0.130 e. The predicted molar refractivity (Wildman–Crippen MR) is 54.0 cm³/mol. The molecule has 1 aromatic rings. The predicted octanol–water partition coefficient (Wildman–Crippen LogP) is 3.26. The van der Waals surface area contributed by atoms with Crippen LogP contribution in [0.15, 0.2) is 30.5 Å². The summed E-state index contributed by atoms with van der Waals surface area (Å²) in [7, 11) is 0. The van der Waals surface area contributed by atoms with Gasteiger partial charge in [0, 0.05) is 0 Å². The van der Waals surface area contributed by atoms with E-state index in [2.05, 4.69) is 32.0 Å². The quantitative estimate of drug-likeness (QED) is 0.635. The lowest BCUT2D eigenvalue weighted by Crippen LogP contribution is -1.98. The Morgan fingerprint density at radius 2 is 2.15 bits per heavy atom. The second-order valence-corrected chi connectivity index (χ2v) is 3.72. The Morgan fingerprint density at radius 3 is 2.92 bits per heavy atom. The van der Waals surface area contributed by atoms with Crippen LogP contribution in [-0.2, 0) is 6.42 Å². The lowest BCUT2D eigenvalue weighted by Gasteiger charge is -2.14. The Balaban J connectivity index is 2.38. The van der Waals surface area contributed by atoms with Crippen LogP contribution in [0, 0.1) is 0 Å². The minimum atomic E-state index is 0.569. The zero-order valence-electron chi connectivity index (χ0n) is 8.08. The van der Waals surface area contributed by atoms with E-state index in [1.807, 2.05) is 6.08 Å². The van der Waals surface area contributed by atoms with Gasteiger partial charge < -0.3 is 4.74 Å². The summed E-state index contributed by atoms with van der Waals surface area (Å²) in [4.78, 5) is 0. The molecule has 1 aliphatic rings. The molecular weight excluding hydrogens is 160 g/mol. The second kappa shape index (κ2) is 3.25. The van der Waals surface area contributed by atoms with Crippen molar-refractivity contribution in [1.82, 2.24) is 0 Å². The third-order valence-corrected chi connectivity index (χ3v) is 2.39. The molecular formula is C12H14O. The second-order valence-electron chi connectivity index (χ2n) is 3.72. The first-order chi connectivity index (χ1) is 6.27. The van der Waals surface area contributed by atoms with Crippen molar-refractivity contribution in [3.8, 4) is 5.75 Å². The van der Waals surface area contributed by atoms with Gasteiger partial charge in [0.25, 0.3) is 0 Å². The normalized spacial score (nSPS) is 14.1. The molecule has 0 saturated heterocycles. The molecule has 0 spiro atoms. The lowest BCUT2D eigenvalue weighted by molar-refractivity contribution is 0.463. The first kappa shape index (κ1) is 8.36. The van der Waals surface area contributed by atoms with E-state index in [1.54, 1.807) is 6.26 Å². The molecule has 0 radical (unpaired) electrons. The van der Waals surface area contributed by atoms with Crippen LogP contribution in [0.5, 0.6) is 5.75 Å². The number of benzene rings is 1. The van der Waals surface area contributed by atoms with E-state index < -0.39 is 0 Å². The Bertz CT molecular complexity index is 337. The van der Waals surface area contributed by atoms with Crippen LogP contribution in [0.3, 0.4) is 0 Å². The van der Waals surface area contributed by atoms with E-state index in [-0.39, 0.29) is 0 Å². The van der Waals surface area contributed by atoms with Gasteiger partial charge in [-0.3, -0.25) is 0 Å². The number of allylic oxidation sites excluding steroid dienone is 1. The van der Waals surface area contributed by atoms with Crippen LogP contribution in [0.1, 0.15) is 30.9 Å². The van der Waals surface area contributed by atoms with Crippen molar-refractivity contribution in [2.24, 2.45) is 0 Å². The summed E-state index contributed by atoms with van der Waals surface area (Å²) in [5, 5.41) is 0. The maximum absolute atomic E-state index is 5.43. The molecule has 0 atom stereocenters. The molecule has 0 N–H and O–H groups in total. The summed E-state index contributed by atoms with van der Waals surface area (Å²) >= 11 is 0. The van der Waals surface area contributed by atoms with Crippen molar-refractivity contribution in [1.29, 1.82) is 0 Å². The van der Waals surface area contributed by atoms with Crippen molar-refractivity contribution in [3.63, 3.8) is 0 Å². The molecule has 1 aliphatic heterocycles. The van der Waals surface area contributed by atoms with Crippen molar-refractivity contribution in [2.45, 2.75) is 26.2 Å². The van der Waals surface area contributed by atoms with Crippen LogP contribution in [0.2, 0.25) is 0 Å². The van der Waals surface area contributed by atoms with E-state index in [4.69, 9.17) is 4.74 Å². The molecule has 0 fully saturated rings.